The van der Waals surface area contributed by atoms with E-state index in [9.17, 15) is 9.59 Å². The van der Waals surface area contributed by atoms with Gasteiger partial charge in [-0.05, 0) is 0 Å². The third-order valence-corrected chi connectivity index (χ3v) is 3.15. The number of hydrogen-bond donors (Lipinski definition) is 0. The second-order valence-electron chi connectivity index (χ2n) is 2.10. The third kappa shape index (κ3) is 2.35. The average molecular weight is 264 g/mol. The molecule has 0 amide bonds. The molecule has 0 saturated carbocycles. The lowest BCUT2D eigenvalue weighted by atomic mass is 10.4. The van der Waals surface area contributed by atoms with E-state index in [1.54, 1.807) is 5.38 Å². The number of halogens is 1. The van der Waals surface area contributed by atoms with Gasteiger partial charge in [-0.1, -0.05) is 15.9 Å². The lowest BCUT2D eigenvalue weighted by molar-refractivity contribution is -0.107. The Morgan fingerprint density at radius 2 is 2.54 bits per heavy atom. The van der Waals surface area contributed by atoms with Gasteiger partial charge in [0.05, 0.1) is 7.11 Å². The van der Waals surface area contributed by atoms with Crippen LogP contribution in [0, 0.1) is 0 Å². The molecule has 70 valence electrons. The number of aromatic nitrogens is 1. The summed E-state index contributed by atoms with van der Waals surface area (Å²) in [5, 5.41) is 2.11. The van der Waals surface area contributed by atoms with Crippen molar-refractivity contribution in [3.8, 4) is 0 Å². The Morgan fingerprint density at radius 3 is 3.08 bits per heavy atom. The quantitative estimate of drug-likeness (QED) is 0.472. The number of hydrogen-bond acceptors (Lipinski definition) is 5. The van der Waals surface area contributed by atoms with Crippen molar-refractivity contribution in [1.82, 2.24) is 4.98 Å². The molecule has 4 nitrogen and oxygen atoms in total. The Hall–Kier alpha value is -0.750. The Morgan fingerprint density at radius 1 is 1.85 bits per heavy atom. The summed E-state index contributed by atoms with van der Waals surface area (Å²) in [6.07, 6.45) is 0.708. The van der Waals surface area contributed by atoms with E-state index in [1.807, 2.05) is 0 Å². The van der Waals surface area contributed by atoms with E-state index in [4.69, 9.17) is 0 Å². The predicted molar refractivity (Wildman–Crippen MR) is 51.2 cm³/mol. The second-order valence-corrected chi connectivity index (χ2v) is 3.98. The molecule has 1 unspecified atom stereocenters. The van der Waals surface area contributed by atoms with E-state index in [1.165, 1.54) is 18.4 Å². The molecule has 0 saturated heterocycles. The number of rotatable bonds is 3. The highest BCUT2D eigenvalue weighted by Crippen LogP contribution is 2.23. The number of carbonyl (C=O) groups excluding carboxylic acids is 2. The Kier molecular flexibility index (Phi) is 3.56. The maximum atomic E-state index is 11.0. The molecule has 0 aliphatic heterocycles. The zero-order chi connectivity index (χ0) is 9.84. The van der Waals surface area contributed by atoms with Crippen molar-refractivity contribution in [1.29, 1.82) is 0 Å². The summed E-state index contributed by atoms with van der Waals surface area (Å²) in [5.41, 5.74) is 0.230. The van der Waals surface area contributed by atoms with Crippen molar-refractivity contribution in [2.24, 2.45) is 0 Å². The molecule has 1 heterocycles. The van der Waals surface area contributed by atoms with Crippen molar-refractivity contribution in [3.05, 3.63) is 16.1 Å². The fourth-order valence-corrected chi connectivity index (χ4v) is 1.81. The summed E-state index contributed by atoms with van der Waals surface area (Å²) in [4.78, 5) is 24.8. The number of alkyl halides is 1. The Labute approximate surface area is 87.1 Å². The molecule has 0 fully saturated rings. The van der Waals surface area contributed by atoms with Gasteiger partial charge in [0.1, 0.15) is 16.1 Å². The first-order chi connectivity index (χ1) is 6.19. The van der Waals surface area contributed by atoms with Crippen LogP contribution in [0.5, 0.6) is 0 Å². The highest BCUT2D eigenvalue weighted by molar-refractivity contribution is 9.09. The number of esters is 1. The molecule has 1 aromatic heterocycles. The van der Waals surface area contributed by atoms with Gasteiger partial charge < -0.3 is 9.53 Å². The molecule has 1 rings (SSSR count). The van der Waals surface area contributed by atoms with E-state index in [2.05, 4.69) is 25.7 Å². The standard InChI is InChI=1S/C7H6BrNO3S/c1-12-7(11)5-3-13-6(9-5)4(8)2-10/h2-4H,1H3. The molecular weight excluding hydrogens is 258 g/mol. The molecule has 0 spiro atoms. The van der Waals surface area contributed by atoms with Crippen molar-refractivity contribution in [2.45, 2.75) is 4.83 Å². The van der Waals surface area contributed by atoms with Crippen LogP contribution in [0.4, 0.5) is 0 Å². The molecule has 1 atom stereocenters. The molecule has 0 aromatic carbocycles. The summed E-state index contributed by atoms with van der Waals surface area (Å²) < 4.78 is 4.46. The monoisotopic (exact) mass is 263 g/mol. The van der Waals surface area contributed by atoms with E-state index < -0.39 is 10.8 Å². The van der Waals surface area contributed by atoms with Gasteiger partial charge in [-0.15, -0.1) is 11.3 Å². The number of carbonyl (C=O) groups is 2. The van der Waals surface area contributed by atoms with E-state index in [0.717, 1.165) is 0 Å². The molecular formula is C7H6BrNO3S. The van der Waals surface area contributed by atoms with Gasteiger partial charge in [-0.2, -0.15) is 0 Å². The predicted octanol–water partition coefficient (Wildman–Crippen LogP) is 1.56. The molecule has 0 bridgehead atoms. The van der Waals surface area contributed by atoms with Gasteiger partial charge in [0.15, 0.2) is 5.69 Å². The van der Waals surface area contributed by atoms with Crippen LogP contribution in [0.2, 0.25) is 0 Å². The van der Waals surface area contributed by atoms with Crippen molar-refractivity contribution < 1.29 is 14.3 Å². The fraction of sp³-hybridized carbons (Fsp3) is 0.286. The Bertz CT molecular complexity index is 325. The summed E-state index contributed by atoms with van der Waals surface area (Å²) >= 11 is 4.33. The van der Waals surface area contributed by atoms with Crippen LogP contribution in [0.15, 0.2) is 5.38 Å². The van der Waals surface area contributed by atoms with Gasteiger partial charge >= 0.3 is 5.97 Å². The average Bonchev–Trinajstić information content (AvgIpc) is 2.64. The number of ether oxygens (including phenoxy) is 1. The summed E-state index contributed by atoms with van der Waals surface area (Å²) in [7, 11) is 1.28. The molecule has 0 aliphatic rings. The number of nitrogens with zero attached hydrogens (tertiary/aromatic N) is 1. The summed E-state index contributed by atoms with van der Waals surface area (Å²) in [6.45, 7) is 0. The molecule has 6 heteroatoms. The molecule has 0 radical (unpaired) electrons. The zero-order valence-corrected chi connectivity index (χ0v) is 9.09. The molecule has 0 N–H and O–H groups in total. The number of aldehydes is 1. The first kappa shape index (κ1) is 10.3. The van der Waals surface area contributed by atoms with Crippen molar-refractivity contribution in [3.63, 3.8) is 0 Å². The van der Waals surface area contributed by atoms with Crippen LogP contribution in [0.25, 0.3) is 0 Å². The first-order valence-electron chi connectivity index (χ1n) is 3.32. The highest BCUT2D eigenvalue weighted by atomic mass is 79.9. The van der Waals surface area contributed by atoms with Crippen LogP contribution in [-0.4, -0.2) is 24.3 Å². The first-order valence-corrected chi connectivity index (χ1v) is 5.11. The molecule has 0 aliphatic carbocycles. The SMILES string of the molecule is COC(=O)c1csc(C(Br)C=O)n1. The lowest BCUT2D eigenvalue weighted by Gasteiger charge is -1.93. The number of methoxy groups -OCH3 is 1. The van der Waals surface area contributed by atoms with Gasteiger partial charge in [0.25, 0.3) is 0 Å². The fourth-order valence-electron chi connectivity index (χ4n) is 0.671. The minimum Gasteiger partial charge on any atom is -0.464 e. The minimum absolute atomic E-state index is 0.230. The van der Waals surface area contributed by atoms with Crippen LogP contribution >= 0.6 is 27.3 Å². The maximum absolute atomic E-state index is 11.0. The minimum atomic E-state index is -0.493. The van der Waals surface area contributed by atoms with Gasteiger partial charge in [0, 0.05) is 5.38 Å². The van der Waals surface area contributed by atoms with Crippen LogP contribution in [0.1, 0.15) is 20.3 Å². The zero-order valence-electron chi connectivity index (χ0n) is 6.69. The normalized spacial score (nSPS) is 12.2. The van der Waals surface area contributed by atoms with Gasteiger partial charge in [0.2, 0.25) is 0 Å². The topological polar surface area (TPSA) is 56.3 Å². The highest BCUT2D eigenvalue weighted by Gasteiger charge is 2.15. The second kappa shape index (κ2) is 4.48. The van der Waals surface area contributed by atoms with E-state index >= 15 is 0 Å². The summed E-state index contributed by atoms with van der Waals surface area (Å²) in [6, 6.07) is 0. The van der Waals surface area contributed by atoms with Crippen molar-refractivity contribution >= 4 is 39.5 Å². The molecule has 1 aromatic rings. The van der Waals surface area contributed by atoms with Crippen LogP contribution in [0.3, 0.4) is 0 Å². The largest absolute Gasteiger partial charge is 0.464 e. The third-order valence-electron chi connectivity index (χ3n) is 1.27. The van der Waals surface area contributed by atoms with E-state index in [0.29, 0.717) is 11.3 Å². The lowest BCUT2D eigenvalue weighted by Crippen LogP contribution is -2.02. The number of thiazole rings is 1. The Balaban J connectivity index is 2.86. The van der Waals surface area contributed by atoms with Crippen LogP contribution < -0.4 is 0 Å². The van der Waals surface area contributed by atoms with Crippen molar-refractivity contribution in [2.75, 3.05) is 7.11 Å². The van der Waals surface area contributed by atoms with Gasteiger partial charge in [-0.3, -0.25) is 0 Å². The van der Waals surface area contributed by atoms with Gasteiger partial charge in [-0.25, -0.2) is 9.78 Å². The summed E-state index contributed by atoms with van der Waals surface area (Å²) in [5.74, 6) is -0.493. The van der Waals surface area contributed by atoms with Crippen LogP contribution in [-0.2, 0) is 9.53 Å². The molecule has 13 heavy (non-hydrogen) atoms. The van der Waals surface area contributed by atoms with E-state index in [-0.39, 0.29) is 5.69 Å². The maximum Gasteiger partial charge on any atom is 0.357 e. The smallest absolute Gasteiger partial charge is 0.357 e.